The Balaban J connectivity index is 1.47. The predicted octanol–water partition coefficient (Wildman–Crippen LogP) is 5.29. The lowest BCUT2D eigenvalue weighted by atomic mass is 9.79. The first-order valence-corrected chi connectivity index (χ1v) is 13.8. The van der Waals surface area contributed by atoms with Crippen LogP contribution in [-0.2, 0) is 16.0 Å². The van der Waals surface area contributed by atoms with Gasteiger partial charge in [-0.1, -0.05) is 12.7 Å². The Bertz CT molecular complexity index is 1470. The zero-order valence-electron chi connectivity index (χ0n) is 24.6. The number of carbonyl (C=O) groups excluding carboxylic acids is 1. The molecule has 0 unspecified atom stereocenters. The molecule has 0 spiro atoms. The molecule has 1 N–H and O–H groups in total. The monoisotopic (exact) mass is 563 g/mol. The van der Waals surface area contributed by atoms with Gasteiger partial charge in [0.2, 0.25) is 0 Å². The Kier molecular flexibility index (Phi) is 6.32. The summed E-state index contributed by atoms with van der Waals surface area (Å²) in [7, 11) is 3.15. The third-order valence-electron chi connectivity index (χ3n) is 8.72. The van der Waals surface area contributed by atoms with Gasteiger partial charge in [0.05, 0.1) is 36.8 Å². The molecular formula is C32H37NO8. The fraction of sp³-hybridized carbons (Fsp3) is 0.469. The second-order valence-corrected chi connectivity index (χ2v) is 12.3. The lowest BCUT2D eigenvalue weighted by molar-refractivity contribution is -0.188. The lowest BCUT2D eigenvalue weighted by Gasteiger charge is -2.43. The average molecular weight is 564 g/mol. The molecule has 0 radical (unpaired) electrons. The molecule has 6 rings (SSSR count). The van der Waals surface area contributed by atoms with Crippen LogP contribution in [0.4, 0.5) is 0 Å². The lowest BCUT2D eigenvalue weighted by Crippen LogP contribution is -2.49. The van der Waals surface area contributed by atoms with E-state index >= 15 is 0 Å². The smallest absolute Gasteiger partial charge is 0.336 e. The molecule has 4 heterocycles. The molecule has 4 aliphatic heterocycles. The molecule has 0 bridgehead atoms. The van der Waals surface area contributed by atoms with Gasteiger partial charge in [-0.25, -0.2) is 4.79 Å². The third-order valence-corrected chi connectivity index (χ3v) is 8.72. The van der Waals surface area contributed by atoms with E-state index in [0.717, 1.165) is 28.0 Å². The standard InChI is InChI=1S/C32H37NO8/c1-16(2)22-12-19-21(39-22)10-9-17-28(19)40-26-15-38-23-13-25(37-8)24(36-7)11-18(23)27(26)29(17)41-30(34)20-14-31(3,4)33(35)32(20,5)6/h9-11,13-14,22,26-27,29,35H,1,12,15H2,2-8H3/t22-,26-,27+,29-/m1/s1. The summed E-state index contributed by atoms with van der Waals surface area (Å²) in [6.07, 6.45) is 1.07. The zero-order valence-corrected chi connectivity index (χ0v) is 24.6. The second-order valence-electron chi connectivity index (χ2n) is 12.3. The van der Waals surface area contributed by atoms with Crippen molar-refractivity contribution in [1.29, 1.82) is 0 Å². The average Bonchev–Trinajstić information content (AvgIpc) is 3.45. The number of hydrogen-bond donors (Lipinski definition) is 1. The highest BCUT2D eigenvalue weighted by atomic mass is 16.6. The number of fused-ring (bicyclic) bond motifs is 6. The molecule has 0 saturated heterocycles. The van der Waals surface area contributed by atoms with Crippen molar-refractivity contribution in [2.45, 2.75) is 76.3 Å². The first-order valence-electron chi connectivity index (χ1n) is 13.8. The van der Waals surface area contributed by atoms with Crippen molar-refractivity contribution in [2.75, 3.05) is 20.8 Å². The van der Waals surface area contributed by atoms with Crippen molar-refractivity contribution < 1.29 is 38.4 Å². The maximum absolute atomic E-state index is 14.0. The van der Waals surface area contributed by atoms with Crippen LogP contribution in [0.5, 0.6) is 28.7 Å². The number of nitrogens with zero attached hydrogens (tertiary/aromatic N) is 1. The molecule has 0 aromatic heterocycles. The van der Waals surface area contributed by atoms with E-state index in [4.69, 9.17) is 28.4 Å². The molecule has 0 fully saturated rings. The summed E-state index contributed by atoms with van der Waals surface area (Å²) in [5.74, 6) is 2.20. The summed E-state index contributed by atoms with van der Waals surface area (Å²) in [6, 6.07) is 7.48. The molecule has 2 aromatic carbocycles. The minimum Gasteiger partial charge on any atom is -0.493 e. The fourth-order valence-corrected chi connectivity index (χ4v) is 6.55. The maximum atomic E-state index is 14.0. The van der Waals surface area contributed by atoms with Gasteiger partial charge in [0, 0.05) is 29.2 Å². The first kappa shape index (κ1) is 27.5. The maximum Gasteiger partial charge on any atom is 0.336 e. The molecule has 4 aliphatic rings. The Labute approximate surface area is 240 Å². The van der Waals surface area contributed by atoms with Crippen molar-refractivity contribution in [3.8, 4) is 28.7 Å². The summed E-state index contributed by atoms with van der Waals surface area (Å²) in [6.45, 7) is 13.6. The van der Waals surface area contributed by atoms with E-state index in [2.05, 4.69) is 6.58 Å². The number of benzene rings is 2. The predicted molar refractivity (Wildman–Crippen MR) is 150 cm³/mol. The highest BCUT2D eigenvalue weighted by molar-refractivity contribution is 5.92. The van der Waals surface area contributed by atoms with Crippen molar-refractivity contribution >= 4 is 5.97 Å². The molecule has 0 amide bonds. The van der Waals surface area contributed by atoms with Crippen molar-refractivity contribution in [3.63, 3.8) is 0 Å². The molecule has 41 heavy (non-hydrogen) atoms. The van der Waals surface area contributed by atoms with Gasteiger partial charge in [-0.05, 0) is 58.4 Å². The minimum absolute atomic E-state index is 0.152. The van der Waals surface area contributed by atoms with E-state index in [0.29, 0.717) is 35.0 Å². The van der Waals surface area contributed by atoms with Gasteiger partial charge >= 0.3 is 5.97 Å². The number of esters is 1. The van der Waals surface area contributed by atoms with Gasteiger partial charge < -0.3 is 33.6 Å². The quantitative estimate of drug-likeness (QED) is 0.384. The third kappa shape index (κ3) is 4.16. The Morgan fingerprint density at radius 2 is 1.76 bits per heavy atom. The van der Waals surface area contributed by atoms with Crippen LogP contribution in [0.25, 0.3) is 0 Å². The van der Waals surface area contributed by atoms with E-state index in [-0.39, 0.29) is 12.7 Å². The normalized spacial score (nSPS) is 26.6. The van der Waals surface area contributed by atoms with E-state index in [1.54, 1.807) is 40.2 Å². The van der Waals surface area contributed by atoms with Crippen LogP contribution in [0.3, 0.4) is 0 Å². The highest BCUT2D eigenvalue weighted by Gasteiger charge is 2.52. The van der Waals surface area contributed by atoms with Gasteiger partial charge in [-0.3, -0.25) is 0 Å². The summed E-state index contributed by atoms with van der Waals surface area (Å²) in [4.78, 5) is 14.0. The molecule has 0 aliphatic carbocycles. The van der Waals surface area contributed by atoms with Crippen molar-refractivity contribution in [3.05, 3.63) is 64.8 Å². The first-order chi connectivity index (χ1) is 19.4. The molecule has 9 heteroatoms. The number of rotatable bonds is 5. The molecule has 2 aromatic rings. The van der Waals surface area contributed by atoms with E-state index < -0.39 is 35.2 Å². The fourth-order valence-electron chi connectivity index (χ4n) is 6.55. The second kappa shape index (κ2) is 9.42. The van der Waals surface area contributed by atoms with Crippen molar-refractivity contribution in [1.82, 2.24) is 5.06 Å². The van der Waals surface area contributed by atoms with E-state index in [1.165, 1.54) is 5.06 Å². The Hall–Kier alpha value is -3.69. The number of methoxy groups -OCH3 is 2. The van der Waals surface area contributed by atoms with Crippen LogP contribution in [0.1, 0.15) is 63.3 Å². The van der Waals surface area contributed by atoms with Gasteiger partial charge in [0.1, 0.15) is 42.2 Å². The van der Waals surface area contributed by atoms with E-state index in [1.807, 2.05) is 39.0 Å². The van der Waals surface area contributed by atoms with Crippen LogP contribution >= 0.6 is 0 Å². The summed E-state index contributed by atoms with van der Waals surface area (Å²) < 4.78 is 36.5. The minimum atomic E-state index is -0.946. The summed E-state index contributed by atoms with van der Waals surface area (Å²) >= 11 is 0. The zero-order chi connectivity index (χ0) is 29.4. The number of carbonyl (C=O) groups is 1. The van der Waals surface area contributed by atoms with Crippen LogP contribution in [0.2, 0.25) is 0 Å². The topological polar surface area (TPSA) is 95.9 Å². The molecule has 9 nitrogen and oxygen atoms in total. The number of ether oxygens (including phenoxy) is 6. The van der Waals surface area contributed by atoms with Crippen LogP contribution in [-0.4, -0.2) is 60.4 Å². The van der Waals surface area contributed by atoms with Gasteiger partial charge in [-0.15, -0.1) is 0 Å². The molecule has 0 saturated carbocycles. The molecule has 218 valence electrons. The van der Waals surface area contributed by atoms with Crippen LogP contribution in [0, 0.1) is 0 Å². The van der Waals surface area contributed by atoms with Crippen LogP contribution < -0.4 is 23.7 Å². The number of hydroxylamine groups is 2. The molecular weight excluding hydrogens is 526 g/mol. The van der Waals surface area contributed by atoms with Crippen molar-refractivity contribution in [2.24, 2.45) is 0 Å². The number of hydrogen-bond acceptors (Lipinski definition) is 9. The Morgan fingerprint density at radius 1 is 1.05 bits per heavy atom. The van der Waals surface area contributed by atoms with Gasteiger partial charge in [-0.2, -0.15) is 5.06 Å². The largest absolute Gasteiger partial charge is 0.493 e. The van der Waals surface area contributed by atoms with Crippen LogP contribution in [0.15, 0.2) is 48.1 Å². The summed E-state index contributed by atoms with van der Waals surface area (Å²) in [5.41, 5.74) is 2.11. The molecule has 4 atom stereocenters. The summed E-state index contributed by atoms with van der Waals surface area (Å²) in [5, 5.41) is 12.1. The SMILES string of the molecule is C=C(C)[C@H]1Cc2c(ccc3c2O[C@@H]2COc4cc(OC)c(OC)cc4[C@@H]2[C@@H]3OC(=O)C2=CC(C)(C)N(O)C2(C)C)O1. The Morgan fingerprint density at radius 3 is 2.39 bits per heavy atom. The van der Waals surface area contributed by atoms with Gasteiger partial charge in [0.25, 0.3) is 0 Å². The van der Waals surface area contributed by atoms with Gasteiger partial charge in [0.15, 0.2) is 11.5 Å². The van der Waals surface area contributed by atoms with E-state index in [9.17, 15) is 10.0 Å². The highest BCUT2D eigenvalue weighted by Crippen LogP contribution is 2.55.